The van der Waals surface area contributed by atoms with Crippen LogP contribution in [0.1, 0.15) is 38.8 Å². The largest absolute Gasteiger partial charge is 0.243 e. The molecule has 1 fully saturated rings. The van der Waals surface area contributed by atoms with Gasteiger partial charge in [-0.3, -0.25) is 0 Å². The molecule has 0 spiro atoms. The molecule has 0 aliphatic carbocycles. The highest BCUT2D eigenvalue weighted by Crippen LogP contribution is 2.23. The van der Waals surface area contributed by atoms with Crippen molar-refractivity contribution in [3.05, 3.63) is 59.7 Å². The molecule has 0 radical (unpaired) electrons. The van der Waals surface area contributed by atoms with E-state index >= 15 is 0 Å². The molecule has 0 unspecified atom stereocenters. The SMILES string of the molecule is CC(C)Cc1ccc(S(=O)(=O)N2CCN(S(=O)(=O)c3ccc(CC(C)C)cc3)CC2)cc1. The fourth-order valence-corrected chi connectivity index (χ4v) is 6.83. The van der Waals surface area contributed by atoms with Gasteiger partial charge in [-0.15, -0.1) is 0 Å². The molecule has 32 heavy (non-hydrogen) atoms. The number of benzene rings is 2. The second-order valence-corrected chi connectivity index (χ2v) is 13.2. The lowest BCUT2D eigenvalue weighted by Gasteiger charge is -2.33. The molecule has 8 heteroatoms. The van der Waals surface area contributed by atoms with E-state index in [2.05, 4.69) is 27.7 Å². The maximum absolute atomic E-state index is 13.0. The van der Waals surface area contributed by atoms with Gasteiger partial charge in [0.25, 0.3) is 0 Å². The summed E-state index contributed by atoms with van der Waals surface area (Å²) in [6, 6.07) is 14.0. The van der Waals surface area contributed by atoms with Crippen molar-refractivity contribution in [2.75, 3.05) is 26.2 Å². The van der Waals surface area contributed by atoms with Crippen molar-refractivity contribution < 1.29 is 16.8 Å². The molecule has 2 aromatic rings. The Balaban J connectivity index is 1.67. The summed E-state index contributed by atoms with van der Waals surface area (Å²) in [6.45, 7) is 9.05. The maximum Gasteiger partial charge on any atom is 0.243 e. The van der Waals surface area contributed by atoms with Crippen molar-refractivity contribution in [3.63, 3.8) is 0 Å². The van der Waals surface area contributed by atoms with E-state index in [-0.39, 0.29) is 36.0 Å². The first-order chi connectivity index (χ1) is 15.0. The Hall–Kier alpha value is -1.74. The normalized spacial score (nSPS) is 16.7. The van der Waals surface area contributed by atoms with E-state index in [1.807, 2.05) is 24.3 Å². The summed E-state index contributed by atoms with van der Waals surface area (Å²) in [5.74, 6) is 0.998. The summed E-state index contributed by atoms with van der Waals surface area (Å²) in [6.07, 6.45) is 1.80. The highest BCUT2D eigenvalue weighted by molar-refractivity contribution is 7.89. The van der Waals surface area contributed by atoms with Crippen LogP contribution in [0, 0.1) is 11.8 Å². The Labute approximate surface area is 193 Å². The third-order valence-electron chi connectivity index (χ3n) is 5.61. The van der Waals surface area contributed by atoms with Crippen molar-refractivity contribution in [2.24, 2.45) is 11.8 Å². The van der Waals surface area contributed by atoms with Crippen molar-refractivity contribution in [2.45, 2.75) is 50.3 Å². The average Bonchev–Trinajstić information content (AvgIpc) is 2.74. The summed E-state index contributed by atoms with van der Waals surface area (Å²) in [7, 11) is -7.29. The van der Waals surface area contributed by atoms with Crippen LogP contribution in [0.5, 0.6) is 0 Å². The Morgan fingerprint density at radius 2 is 0.875 bits per heavy atom. The van der Waals surface area contributed by atoms with Gasteiger partial charge in [-0.05, 0) is 60.1 Å². The predicted octanol–water partition coefficient (Wildman–Crippen LogP) is 3.78. The predicted molar refractivity (Wildman–Crippen MR) is 127 cm³/mol. The minimum atomic E-state index is -3.65. The Morgan fingerprint density at radius 3 is 1.12 bits per heavy atom. The number of nitrogens with zero attached hydrogens (tertiary/aromatic N) is 2. The van der Waals surface area contributed by atoms with Gasteiger partial charge in [0.05, 0.1) is 9.79 Å². The molecule has 1 saturated heterocycles. The molecule has 2 aromatic carbocycles. The quantitative estimate of drug-likeness (QED) is 0.579. The molecule has 0 amide bonds. The molecule has 0 aromatic heterocycles. The summed E-state index contributed by atoms with van der Waals surface area (Å²) in [5.41, 5.74) is 2.21. The van der Waals surface area contributed by atoms with Gasteiger partial charge in [-0.2, -0.15) is 8.61 Å². The summed E-state index contributed by atoms with van der Waals surface area (Å²) in [4.78, 5) is 0.504. The first-order valence-corrected chi connectivity index (χ1v) is 14.1. The van der Waals surface area contributed by atoms with E-state index in [0.29, 0.717) is 11.8 Å². The highest BCUT2D eigenvalue weighted by atomic mass is 32.2. The second-order valence-electron chi connectivity index (χ2n) is 9.29. The molecule has 1 heterocycles. The molecule has 0 bridgehead atoms. The van der Waals surface area contributed by atoms with Crippen LogP contribution in [-0.4, -0.2) is 51.6 Å². The lowest BCUT2D eigenvalue weighted by molar-refractivity contribution is 0.273. The lowest BCUT2D eigenvalue weighted by Crippen LogP contribution is -2.50. The molecule has 0 N–H and O–H groups in total. The minimum Gasteiger partial charge on any atom is -0.207 e. The average molecular weight is 479 g/mol. The molecule has 176 valence electrons. The zero-order valence-corrected chi connectivity index (χ0v) is 21.0. The zero-order chi connectivity index (χ0) is 23.5. The van der Waals surface area contributed by atoms with Crippen molar-refractivity contribution in [3.8, 4) is 0 Å². The Kier molecular flexibility index (Phi) is 7.81. The molecular formula is C24H34N2O4S2. The van der Waals surface area contributed by atoms with E-state index in [1.54, 1.807) is 24.3 Å². The third kappa shape index (κ3) is 5.78. The minimum absolute atomic E-state index is 0.140. The Morgan fingerprint density at radius 1 is 0.594 bits per heavy atom. The molecule has 0 atom stereocenters. The number of hydrogen-bond donors (Lipinski definition) is 0. The van der Waals surface area contributed by atoms with Crippen LogP contribution >= 0.6 is 0 Å². The maximum atomic E-state index is 13.0. The highest BCUT2D eigenvalue weighted by Gasteiger charge is 2.33. The first kappa shape index (κ1) is 24.9. The van der Waals surface area contributed by atoms with Crippen LogP contribution in [-0.2, 0) is 32.9 Å². The number of rotatable bonds is 8. The van der Waals surface area contributed by atoms with Crippen LogP contribution in [0.2, 0.25) is 0 Å². The van der Waals surface area contributed by atoms with E-state index in [4.69, 9.17) is 0 Å². The topological polar surface area (TPSA) is 74.8 Å². The molecule has 1 aliphatic heterocycles. The van der Waals surface area contributed by atoms with Gasteiger partial charge < -0.3 is 0 Å². The summed E-state index contributed by atoms with van der Waals surface area (Å²) >= 11 is 0. The van der Waals surface area contributed by atoms with Gasteiger partial charge in [0.15, 0.2) is 0 Å². The van der Waals surface area contributed by atoms with Crippen molar-refractivity contribution in [1.29, 1.82) is 0 Å². The standard InChI is InChI=1S/C24H34N2O4S2/c1-19(2)17-21-5-9-23(10-6-21)31(27,28)25-13-15-26(16-14-25)32(29,30)24-11-7-22(8-12-24)18-20(3)4/h5-12,19-20H,13-18H2,1-4H3. The van der Waals surface area contributed by atoms with Crippen LogP contribution in [0.3, 0.4) is 0 Å². The summed E-state index contributed by atoms with van der Waals surface area (Å²) < 4.78 is 54.9. The van der Waals surface area contributed by atoms with Crippen LogP contribution < -0.4 is 0 Å². The first-order valence-electron chi connectivity index (χ1n) is 11.2. The lowest BCUT2D eigenvalue weighted by atomic mass is 10.0. The fraction of sp³-hybridized carbons (Fsp3) is 0.500. The van der Waals surface area contributed by atoms with E-state index in [1.165, 1.54) is 8.61 Å². The number of piperazine rings is 1. The monoisotopic (exact) mass is 478 g/mol. The zero-order valence-electron chi connectivity index (χ0n) is 19.4. The van der Waals surface area contributed by atoms with Gasteiger partial charge in [-0.25, -0.2) is 16.8 Å². The van der Waals surface area contributed by atoms with Gasteiger partial charge in [-0.1, -0.05) is 52.0 Å². The van der Waals surface area contributed by atoms with Crippen LogP contribution in [0.15, 0.2) is 58.3 Å². The van der Waals surface area contributed by atoms with Crippen LogP contribution in [0.25, 0.3) is 0 Å². The van der Waals surface area contributed by atoms with E-state index in [0.717, 1.165) is 24.0 Å². The number of sulfonamides is 2. The molecule has 1 aliphatic rings. The summed E-state index contributed by atoms with van der Waals surface area (Å²) in [5, 5.41) is 0. The van der Waals surface area contributed by atoms with Gasteiger partial charge in [0.1, 0.15) is 0 Å². The van der Waals surface area contributed by atoms with Gasteiger partial charge in [0, 0.05) is 26.2 Å². The van der Waals surface area contributed by atoms with E-state index in [9.17, 15) is 16.8 Å². The Bertz CT molecular complexity index is 1010. The third-order valence-corrected chi connectivity index (χ3v) is 9.43. The molecule has 3 rings (SSSR count). The molecule has 6 nitrogen and oxygen atoms in total. The fourth-order valence-electron chi connectivity index (χ4n) is 3.99. The molecule has 0 saturated carbocycles. The van der Waals surface area contributed by atoms with Crippen molar-refractivity contribution >= 4 is 20.0 Å². The molecular weight excluding hydrogens is 444 g/mol. The van der Waals surface area contributed by atoms with Gasteiger partial charge in [0.2, 0.25) is 20.0 Å². The van der Waals surface area contributed by atoms with Crippen molar-refractivity contribution in [1.82, 2.24) is 8.61 Å². The van der Waals surface area contributed by atoms with Gasteiger partial charge >= 0.3 is 0 Å². The number of hydrogen-bond acceptors (Lipinski definition) is 4. The second kappa shape index (κ2) is 10.0. The van der Waals surface area contributed by atoms with E-state index < -0.39 is 20.0 Å². The smallest absolute Gasteiger partial charge is 0.207 e. The van der Waals surface area contributed by atoms with Crippen LogP contribution in [0.4, 0.5) is 0 Å².